The number of carbonyl (C=O) groups is 1. The van der Waals surface area contributed by atoms with E-state index in [2.05, 4.69) is 10.3 Å². The number of nitrogens with one attached hydrogen (secondary N) is 1. The summed E-state index contributed by atoms with van der Waals surface area (Å²) in [5.74, 6) is -1.14. The molecule has 2 aromatic carbocycles. The fourth-order valence-electron chi connectivity index (χ4n) is 3.22. The summed E-state index contributed by atoms with van der Waals surface area (Å²) in [6.07, 6.45) is 0.893. The van der Waals surface area contributed by atoms with Crippen molar-refractivity contribution in [2.75, 3.05) is 18.5 Å². The lowest BCUT2D eigenvalue weighted by molar-refractivity contribution is -0.199. The van der Waals surface area contributed by atoms with Gasteiger partial charge in [0.05, 0.1) is 13.2 Å². The summed E-state index contributed by atoms with van der Waals surface area (Å²) >= 11 is 0. The highest BCUT2D eigenvalue weighted by molar-refractivity contribution is 6.03. The molecule has 1 aliphatic rings. The maximum absolute atomic E-state index is 12.5. The smallest absolute Gasteiger partial charge is 0.351 e. The third kappa shape index (κ3) is 5.24. The molecule has 0 saturated carbocycles. The Bertz CT molecular complexity index is 1090. The molecule has 0 spiro atoms. The van der Waals surface area contributed by atoms with Crippen LogP contribution in [0.4, 0.5) is 5.82 Å². The van der Waals surface area contributed by atoms with Gasteiger partial charge in [0.15, 0.2) is 12.0 Å². The Morgan fingerprint density at radius 1 is 1.16 bits per heavy atom. The summed E-state index contributed by atoms with van der Waals surface area (Å²) in [5, 5.41) is 2.62. The van der Waals surface area contributed by atoms with Crippen LogP contribution in [0.2, 0.25) is 0 Å². The Kier molecular flexibility index (Phi) is 6.22. The maximum Gasteiger partial charge on any atom is 0.351 e. The minimum absolute atomic E-state index is 0.169. The lowest BCUT2D eigenvalue weighted by atomic mass is 10.2. The molecule has 8 nitrogen and oxygen atoms in total. The molecule has 1 amide bonds. The molecule has 1 aromatic heterocycles. The number of ether oxygens (including phenoxy) is 3. The van der Waals surface area contributed by atoms with Crippen LogP contribution in [0.1, 0.15) is 29.1 Å². The molecule has 8 heteroatoms. The number of hydrogen-bond donors (Lipinski definition) is 1. The number of hydrogen-bond acceptors (Lipinski definition) is 6. The lowest BCUT2D eigenvalue weighted by Gasteiger charge is -2.23. The molecule has 2 heterocycles. The average molecular weight is 421 g/mol. The summed E-state index contributed by atoms with van der Waals surface area (Å²) in [7, 11) is 0. The molecule has 1 aliphatic heterocycles. The van der Waals surface area contributed by atoms with Gasteiger partial charge in [0.25, 0.3) is 5.91 Å². The third-order valence-electron chi connectivity index (χ3n) is 4.81. The van der Waals surface area contributed by atoms with E-state index in [4.69, 9.17) is 14.2 Å². The van der Waals surface area contributed by atoms with Gasteiger partial charge in [-0.1, -0.05) is 48.5 Å². The summed E-state index contributed by atoms with van der Waals surface area (Å²) in [5.41, 5.74) is 0.982. The molecule has 1 saturated heterocycles. The highest BCUT2D eigenvalue weighted by atomic mass is 16.8. The lowest BCUT2D eigenvalue weighted by Crippen LogP contribution is -2.34. The summed E-state index contributed by atoms with van der Waals surface area (Å²) in [6.45, 7) is 2.60. The van der Waals surface area contributed by atoms with Gasteiger partial charge in [0.1, 0.15) is 12.4 Å². The fourth-order valence-corrected chi connectivity index (χ4v) is 3.22. The Balaban J connectivity index is 1.35. The largest absolute Gasteiger partial charge is 0.371 e. The number of anilines is 1. The predicted molar refractivity (Wildman–Crippen MR) is 113 cm³/mol. The minimum atomic E-state index is -0.973. The van der Waals surface area contributed by atoms with Crippen LogP contribution in [0.5, 0.6) is 0 Å². The van der Waals surface area contributed by atoms with Crippen molar-refractivity contribution < 1.29 is 19.0 Å². The number of amides is 1. The van der Waals surface area contributed by atoms with Gasteiger partial charge in [-0.25, -0.2) is 4.79 Å². The highest BCUT2D eigenvalue weighted by Gasteiger charge is 2.39. The Hall–Kier alpha value is -3.33. The van der Waals surface area contributed by atoms with E-state index >= 15 is 0 Å². The van der Waals surface area contributed by atoms with Crippen LogP contribution in [-0.4, -0.2) is 34.5 Å². The Labute approximate surface area is 179 Å². The van der Waals surface area contributed by atoms with Crippen LogP contribution >= 0.6 is 0 Å². The fraction of sp³-hybridized carbons (Fsp3) is 0.261. The number of rotatable bonds is 7. The van der Waals surface area contributed by atoms with Crippen molar-refractivity contribution in [2.45, 2.75) is 25.5 Å². The van der Waals surface area contributed by atoms with E-state index in [9.17, 15) is 9.59 Å². The van der Waals surface area contributed by atoms with Gasteiger partial charge in [0.2, 0.25) is 0 Å². The molecule has 1 N–H and O–H groups in total. The average Bonchev–Trinajstić information content (AvgIpc) is 3.17. The molecule has 0 bridgehead atoms. The van der Waals surface area contributed by atoms with Crippen LogP contribution in [0.25, 0.3) is 0 Å². The summed E-state index contributed by atoms with van der Waals surface area (Å²) in [6, 6.07) is 20.1. The zero-order chi connectivity index (χ0) is 21.7. The predicted octanol–water partition coefficient (Wildman–Crippen LogP) is 2.97. The molecule has 4 rings (SSSR count). The van der Waals surface area contributed by atoms with E-state index in [0.29, 0.717) is 12.2 Å². The zero-order valence-electron chi connectivity index (χ0n) is 17.1. The van der Waals surface area contributed by atoms with Crippen LogP contribution in [0.3, 0.4) is 0 Å². The normalized spacial score (nSPS) is 20.5. The van der Waals surface area contributed by atoms with E-state index < -0.39 is 17.7 Å². The second-order valence-electron chi connectivity index (χ2n) is 7.32. The van der Waals surface area contributed by atoms with Crippen molar-refractivity contribution in [3.63, 3.8) is 0 Å². The minimum Gasteiger partial charge on any atom is -0.371 e. The third-order valence-corrected chi connectivity index (χ3v) is 4.81. The van der Waals surface area contributed by atoms with E-state index in [0.717, 1.165) is 5.56 Å². The second-order valence-corrected chi connectivity index (χ2v) is 7.32. The van der Waals surface area contributed by atoms with Gasteiger partial charge in [-0.15, -0.1) is 0 Å². The van der Waals surface area contributed by atoms with Crippen molar-refractivity contribution in [1.29, 1.82) is 0 Å². The monoisotopic (exact) mass is 421 g/mol. The van der Waals surface area contributed by atoms with Crippen LogP contribution in [0, 0.1) is 0 Å². The first-order valence-electron chi connectivity index (χ1n) is 9.91. The molecule has 0 unspecified atom stereocenters. The van der Waals surface area contributed by atoms with E-state index in [-0.39, 0.29) is 24.9 Å². The van der Waals surface area contributed by atoms with Crippen molar-refractivity contribution in [1.82, 2.24) is 9.55 Å². The molecular formula is C23H23N3O5. The van der Waals surface area contributed by atoms with Gasteiger partial charge >= 0.3 is 5.69 Å². The van der Waals surface area contributed by atoms with Crippen LogP contribution in [-0.2, 0) is 20.8 Å². The molecule has 2 atom stereocenters. The molecule has 3 aromatic rings. The number of benzene rings is 2. The summed E-state index contributed by atoms with van der Waals surface area (Å²) in [4.78, 5) is 28.7. The van der Waals surface area contributed by atoms with Crippen LogP contribution < -0.4 is 11.0 Å². The molecule has 0 aliphatic carbocycles. The van der Waals surface area contributed by atoms with Crippen molar-refractivity contribution in [3.05, 3.63) is 94.5 Å². The summed E-state index contributed by atoms with van der Waals surface area (Å²) < 4.78 is 18.7. The van der Waals surface area contributed by atoms with E-state index in [1.807, 2.05) is 36.4 Å². The van der Waals surface area contributed by atoms with Gasteiger partial charge in [0, 0.05) is 11.8 Å². The van der Waals surface area contributed by atoms with E-state index in [1.54, 1.807) is 37.3 Å². The Morgan fingerprint density at radius 3 is 2.58 bits per heavy atom. The first-order chi connectivity index (χ1) is 15.0. The van der Waals surface area contributed by atoms with Gasteiger partial charge in [-0.3, -0.25) is 9.36 Å². The Morgan fingerprint density at radius 2 is 1.87 bits per heavy atom. The van der Waals surface area contributed by atoms with Crippen molar-refractivity contribution >= 4 is 11.7 Å². The number of carbonyl (C=O) groups excluding carboxylic acids is 1. The molecule has 1 fully saturated rings. The maximum atomic E-state index is 12.5. The molecule has 0 radical (unpaired) electrons. The second kappa shape index (κ2) is 9.22. The topological polar surface area (TPSA) is 91.7 Å². The van der Waals surface area contributed by atoms with Crippen molar-refractivity contribution in [3.8, 4) is 0 Å². The van der Waals surface area contributed by atoms with Gasteiger partial charge in [-0.2, -0.15) is 4.98 Å². The quantitative estimate of drug-likeness (QED) is 0.631. The van der Waals surface area contributed by atoms with Gasteiger partial charge in [-0.05, 0) is 30.7 Å². The molecular weight excluding hydrogens is 398 g/mol. The van der Waals surface area contributed by atoms with Crippen LogP contribution in [0.15, 0.2) is 77.7 Å². The van der Waals surface area contributed by atoms with Gasteiger partial charge < -0.3 is 19.5 Å². The highest BCUT2D eigenvalue weighted by Crippen LogP contribution is 2.29. The first kappa shape index (κ1) is 20.9. The first-order valence-corrected chi connectivity index (χ1v) is 9.91. The standard InChI is InChI=1S/C23H23N3O5/c1-23(16-29-14-17-8-4-2-5-9-17)30-15-20(31-23)26-13-12-19(25-22(26)28)24-21(27)18-10-6-3-7-11-18/h2-13,20H,14-16H2,1H3,(H,24,25,27,28)/t20-,23+/m1/s1. The SMILES string of the molecule is C[C@]1(COCc2ccccc2)OC[C@H](n2ccc(NC(=O)c3ccccc3)nc2=O)O1. The van der Waals surface area contributed by atoms with Crippen molar-refractivity contribution in [2.24, 2.45) is 0 Å². The molecule has 31 heavy (non-hydrogen) atoms. The number of aromatic nitrogens is 2. The molecule has 160 valence electrons. The zero-order valence-corrected chi connectivity index (χ0v) is 17.1. The number of nitrogens with zero attached hydrogens (tertiary/aromatic N) is 2. The van der Waals surface area contributed by atoms with E-state index in [1.165, 1.54) is 10.8 Å².